The number of aromatic nitrogens is 2. The first kappa shape index (κ1) is 20.7. The van der Waals surface area contributed by atoms with Gasteiger partial charge in [-0.25, -0.2) is 18.2 Å². The molecule has 0 saturated carbocycles. The Labute approximate surface area is 168 Å². The molecule has 2 aromatic carbocycles. The van der Waals surface area contributed by atoms with Crippen LogP contribution in [-0.2, 0) is 19.8 Å². The zero-order chi connectivity index (χ0) is 21.7. The summed E-state index contributed by atoms with van der Waals surface area (Å²) in [6.07, 6.45) is -3.50. The predicted molar refractivity (Wildman–Crippen MR) is 99.7 cm³/mol. The van der Waals surface area contributed by atoms with Gasteiger partial charge in [-0.3, -0.25) is 4.90 Å². The van der Waals surface area contributed by atoms with Crippen LogP contribution in [0, 0.1) is 5.82 Å². The molecule has 30 heavy (non-hydrogen) atoms. The number of rotatable bonds is 3. The fraction of sp³-hybridized carbons (Fsp3) is 0.381. The Bertz CT molecular complexity index is 1070. The zero-order valence-corrected chi connectivity index (χ0v) is 16.1. The Morgan fingerprint density at radius 2 is 1.90 bits per heavy atom. The van der Waals surface area contributed by atoms with E-state index in [4.69, 9.17) is 0 Å². The van der Waals surface area contributed by atoms with Gasteiger partial charge in [0.2, 0.25) is 0 Å². The van der Waals surface area contributed by atoms with Gasteiger partial charge in [-0.15, -0.1) is 0 Å². The average molecular weight is 427 g/mol. The van der Waals surface area contributed by atoms with Gasteiger partial charge in [0, 0.05) is 33.1 Å². The van der Waals surface area contributed by atoms with Crippen molar-refractivity contribution in [1.82, 2.24) is 14.5 Å². The lowest BCUT2D eigenvalue weighted by Crippen LogP contribution is -2.45. The van der Waals surface area contributed by atoms with Crippen LogP contribution in [0.3, 0.4) is 0 Å². The summed E-state index contributed by atoms with van der Waals surface area (Å²) in [6.45, 7) is -0.0785. The molecule has 0 amide bonds. The van der Waals surface area contributed by atoms with E-state index in [1.807, 2.05) is 0 Å². The minimum absolute atomic E-state index is 0.00925. The molecule has 9 heteroatoms. The van der Waals surface area contributed by atoms with Crippen LogP contribution in [0.5, 0.6) is 0 Å². The molecule has 1 aliphatic rings. The quantitative estimate of drug-likeness (QED) is 0.525. The number of aryl methyl sites for hydroxylation is 1. The van der Waals surface area contributed by atoms with E-state index in [0.717, 1.165) is 17.6 Å². The highest BCUT2D eigenvalue weighted by Gasteiger charge is 2.45. The van der Waals surface area contributed by atoms with Crippen molar-refractivity contribution >= 4 is 11.0 Å². The lowest BCUT2D eigenvalue weighted by atomic mass is 9.86. The average Bonchev–Trinajstić information content (AvgIpc) is 3.02. The van der Waals surface area contributed by atoms with Gasteiger partial charge in [-0.2, -0.15) is 13.2 Å². The summed E-state index contributed by atoms with van der Waals surface area (Å²) >= 11 is 0. The van der Waals surface area contributed by atoms with Gasteiger partial charge < -0.3 is 4.57 Å². The topological polar surface area (TPSA) is 21.1 Å². The molecule has 0 radical (unpaired) electrons. The molecule has 1 aromatic heterocycles. The molecular weight excluding hydrogens is 408 g/mol. The largest absolute Gasteiger partial charge is 0.416 e. The van der Waals surface area contributed by atoms with Gasteiger partial charge in [0.1, 0.15) is 5.82 Å². The minimum Gasteiger partial charge on any atom is -0.334 e. The second-order valence-corrected chi connectivity index (χ2v) is 7.75. The molecule has 3 aromatic rings. The molecule has 1 fully saturated rings. The number of hydrogen-bond acceptors (Lipinski definition) is 2. The Morgan fingerprint density at radius 3 is 2.63 bits per heavy atom. The second-order valence-electron chi connectivity index (χ2n) is 7.75. The summed E-state index contributed by atoms with van der Waals surface area (Å²) in [6, 6.07) is 7.28. The van der Waals surface area contributed by atoms with E-state index in [9.17, 15) is 26.3 Å². The van der Waals surface area contributed by atoms with Crippen molar-refractivity contribution in [2.24, 2.45) is 7.05 Å². The van der Waals surface area contributed by atoms with Crippen molar-refractivity contribution in [1.29, 1.82) is 0 Å². The fourth-order valence-electron chi connectivity index (χ4n) is 3.98. The molecule has 2 heterocycles. The van der Waals surface area contributed by atoms with Crippen LogP contribution in [0.2, 0.25) is 0 Å². The third-order valence-corrected chi connectivity index (χ3v) is 5.55. The third kappa shape index (κ3) is 4.03. The molecule has 0 N–H and O–H groups in total. The molecule has 0 unspecified atom stereocenters. The molecule has 1 atom stereocenters. The van der Waals surface area contributed by atoms with Crippen molar-refractivity contribution in [3.05, 3.63) is 65.2 Å². The van der Waals surface area contributed by atoms with Crippen LogP contribution in [0.15, 0.2) is 42.7 Å². The van der Waals surface area contributed by atoms with E-state index in [0.29, 0.717) is 17.1 Å². The summed E-state index contributed by atoms with van der Waals surface area (Å²) in [5, 5.41) is 0. The number of imidazole rings is 1. The number of fused-ring (bicyclic) bond motifs is 1. The lowest BCUT2D eigenvalue weighted by Gasteiger charge is -2.38. The van der Waals surface area contributed by atoms with E-state index in [2.05, 4.69) is 4.98 Å². The predicted octanol–water partition coefficient (Wildman–Crippen LogP) is 5.36. The number of benzene rings is 2. The summed E-state index contributed by atoms with van der Waals surface area (Å²) in [5.41, 5.74) is 0.875. The summed E-state index contributed by atoms with van der Waals surface area (Å²) in [7, 11) is 1.77. The van der Waals surface area contributed by atoms with Crippen molar-refractivity contribution in [2.45, 2.75) is 31.0 Å². The third-order valence-electron chi connectivity index (χ3n) is 5.55. The summed E-state index contributed by atoms with van der Waals surface area (Å²) < 4.78 is 83.7. The van der Waals surface area contributed by atoms with Crippen molar-refractivity contribution in [3.63, 3.8) is 0 Å². The van der Waals surface area contributed by atoms with Crippen LogP contribution in [-0.4, -0.2) is 33.5 Å². The van der Waals surface area contributed by atoms with E-state index >= 15 is 0 Å². The molecule has 1 aliphatic heterocycles. The van der Waals surface area contributed by atoms with Gasteiger partial charge in [-0.1, -0.05) is 6.07 Å². The van der Waals surface area contributed by atoms with E-state index in [-0.39, 0.29) is 25.2 Å². The van der Waals surface area contributed by atoms with Crippen LogP contribution in [0.1, 0.15) is 29.0 Å². The van der Waals surface area contributed by atoms with Gasteiger partial charge in [0.25, 0.3) is 5.92 Å². The smallest absolute Gasteiger partial charge is 0.334 e. The van der Waals surface area contributed by atoms with Crippen LogP contribution < -0.4 is 0 Å². The van der Waals surface area contributed by atoms with Gasteiger partial charge in [0.05, 0.1) is 28.8 Å². The lowest BCUT2D eigenvalue weighted by molar-refractivity contribution is -0.137. The maximum Gasteiger partial charge on any atom is 0.416 e. The van der Waals surface area contributed by atoms with Gasteiger partial charge >= 0.3 is 6.18 Å². The molecule has 4 rings (SSSR count). The van der Waals surface area contributed by atoms with Crippen LogP contribution >= 0.6 is 0 Å². The van der Waals surface area contributed by atoms with E-state index < -0.39 is 35.8 Å². The van der Waals surface area contributed by atoms with E-state index in [1.165, 1.54) is 0 Å². The molecular formula is C21H19F6N3. The highest BCUT2D eigenvalue weighted by Crippen LogP contribution is 2.41. The first-order valence-corrected chi connectivity index (χ1v) is 9.41. The van der Waals surface area contributed by atoms with Crippen LogP contribution in [0.25, 0.3) is 11.0 Å². The Balaban J connectivity index is 1.60. The summed E-state index contributed by atoms with van der Waals surface area (Å²) in [5.74, 6) is -5.08. The van der Waals surface area contributed by atoms with Crippen molar-refractivity contribution in [2.75, 3.05) is 13.1 Å². The molecule has 160 valence electrons. The summed E-state index contributed by atoms with van der Waals surface area (Å²) in [4.78, 5) is 5.83. The standard InChI is InChI=1S/C21H19F6N3/c1-29-12-28-18-3-2-14(8-19(18)29)17-11-30(5-4-20(17,23)24)10-13-6-15(21(25,26)27)9-16(22)7-13/h2-3,6-9,12,17H,4-5,10-11H2,1H3/t17-/m0/s1. The number of halogens is 6. The van der Waals surface area contributed by atoms with Crippen LogP contribution in [0.4, 0.5) is 26.3 Å². The molecule has 1 saturated heterocycles. The fourth-order valence-corrected chi connectivity index (χ4v) is 3.98. The maximum atomic E-state index is 14.7. The number of alkyl halides is 5. The van der Waals surface area contributed by atoms with Crippen molar-refractivity contribution in [3.8, 4) is 0 Å². The van der Waals surface area contributed by atoms with Gasteiger partial charge in [0.15, 0.2) is 0 Å². The normalized spacial score (nSPS) is 20.0. The molecule has 0 spiro atoms. The van der Waals surface area contributed by atoms with E-state index in [1.54, 1.807) is 41.0 Å². The Morgan fingerprint density at radius 1 is 1.13 bits per heavy atom. The number of nitrogens with zero attached hydrogens (tertiary/aromatic N) is 3. The molecule has 0 bridgehead atoms. The molecule has 0 aliphatic carbocycles. The zero-order valence-electron chi connectivity index (χ0n) is 16.1. The second kappa shape index (κ2) is 7.30. The Kier molecular flexibility index (Phi) is 5.04. The Hall–Kier alpha value is -2.55. The minimum atomic E-state index is -4.67. The first-order chi connectivity index (χ1) is 14.0. The van der Waals surface area contributed by atoms with Gasteiger partial charge in [-0.05, 0) is 41.5 Å². The SMILES string of the molecule is Cn1cnc2ccc([C@@H]3CN(Cc4cc(F)cc(C(F)(F)F)c4)CCC3(F)F)cc21. The highest BCUT2D eigenvalue weighted by molar-refractivity contribution is 5.76. The highest BCUT2D eigenvalue weighted by atomic mass is 19.4. The monoisotopic (exact) mass is 427 g/mol. The number of hydrogen-bond donors (Lipinski definition) is 0. The number of piperidine rings is 1. The molecule has 3 nitrogen and oxygen atoms in total. The number of likely N-dealkylation sites (tertiary alicyclic amines) is 1. The first-order valence-electron chi connectivity index (χ1n) is 9.41. The maximum absolute atomic E-state index is 14.7. The van der Waals surface area contributed by atoms with Crippen molar-refractivity contribution < 1.29 is 26.3 Å².